The maximum atomic E-state index is 12.7. The van der Waals surface area contributed by atoms with Gasteiger partial charge in [-0.2, -0.15) is 4.99 Å². The minimum Gasteiger partial charge on any atom is -0.305 e. The Balaban J connectivity index is 1.78. The van der Waals surface area contributed by atoms with Crippen LogP contribution >= 0.6 is 22.7 Å². The summed E-state index contributed by atoms with van der Waals surface area (Å²) in [6.07, 6.45) is 8.94. The summed E-state index contributed by atoms with van der Waals surface area (Å²) in [5, 5.41) is 0.398. The van der Waals surface area contributed by atoms with Gasteiger partial charge >= 0.3 is 5.91 Å². The summed E-state index contributed by atoms with van der Waals surface area (Å²) >= 11 is 2.86. The molecule has 0 saturated heterocycles. The van der Waals surface area contributed by atoms with Crippen molar-refractivity contribution < 1.29 is 4.79 Å². The van der Waals surface area contributed by atoms with Gasteiger partial charge in [0.1, 0.15) is 0 Å². The van der Waals surface area contributed by atoms with Crippen LogP contribution < -0.4 is 4.80 Å². The largest absolute Gasteiger partial charge is 0.308 e. The Bertz CT molecular complexity index is 1240. The Kier molecular flexibility index (Phi) is 5.38. The van der Waals surface area contributed by atoms with Crippen LogP contribution in [0.1, 0.15) is 35.1 Å². The van der Waals surface area contributed by atoms with E-state index in [1.165, 1.54) is 28.2 Å². The van der Waals surface area contributed by atoms with E-state index in [2.05, 4.69) is 41.0 Å². The molecule has 0 spiro atoms. The van der Waals surface area contributed by atoms with Crippen molar-refractivity contribution in [1.29, 1.82) is 0 Å². The van der Waals surface area contributed by atoms with Crippen LogP contribution in [0.4, 0.5) is 0 Å². The number of aryl methyl sites for hydroxylation is 1. The summed E-state index contributed by atoms with van der Waals surface area (Å²) in [5.74, 6) is 2.34. The molecule has 1 amide bonds. The lowest BCUT2D eigenvalue weighted by atomic mass is 10.1. The Morgan fingerprint density at radius 2 is 2.07 bits per heavy atom. The molecule has 2 heterocycles. The van der Waals surface area contributed by atoms with Gasteiger partial charge in [0.2, 0.25) is 0 Å². The van der Waals surface area contributed by atoms with Crippen LogP contribution in [-0.2, 0) is 13.0 Å². The number of unbranched alkanes of at least 4 members (excludes halogenated alkanes) is 1. The van der Waals surface area contributed by atoms with Gasteiger partial charge in [-0.3, -0.25) is 4.79 Å². The van der Waals surface area contributed by atoms with Crippen molar-refractivity contribution in [3.8, 4) is 12.3 Å². The number of terminal acetylenes is 1. The molecule has 0 N–H and O–H groups in total. The van der Waals surface area contributed by atoms with Crippen molar-refractivity contribution in [1.82, 2.24) is 9.55 Å². The van der Waals surface area contributed by atoms with E-state index in [-0.39, 0.29) is 5.91 Å². The van der Waals surface area contributed by atoms with Gasteiger partial charge in [0.25, 0.3) is 0 Å². The molecule has 28 heavy (non-hydrogen) atoms. The second kappa shape index (κ2) is 8.09. The lowest BCUT2D eigenvalue weighted by molar-refractivity contribution is 0.0997. The summed E-state index contributed by atoms with van der Waals surface area (Å²) in [6, 6.07) is 14.1. The number of fused-ring (bicyclic) bond motifs is 2. The number of hydrogen-bond donors (Lipinski definition) is 0. The Morgan fingerprint density at radius 1 is 1.21 bits per heavy atom. The van der Waals surface area contributed by atoms with Crippen LogP contribution in [0.2, 0.25) is 0 Å². The fraction of sp³-hybridized carbons (Fsp3) is 0.227. The summed E-state index contributed by atoms with van der Waals surface area (Å²) in [7, 11) is 0. The smallest absolute Gasteiger partial charge is 0.305 e. The third-order valence-corrected chi connectivity index (χ3v) is 6.56. The van der Waals surface area contributed by atoms with E-state index in [1.807, 2.05) is 28.8 Å². The van der Waals surface area contributed by atoms with Crippen LogP contribution in [0, 0.1) is 12.3 Å². The highest BCUT2D eigenvalue weighted by molar-refractivity contribution is 7.20. The fourth-order valence-corrected chi connectivity index (χ4v) is 5.02. The monoisotopic (exact) mass is 405 g/mol. The van der Waals surface area contributed by atoms with E-state index in [0.717, 1.165) is 39.7 Å². The summed E-state index contributed by atoms with van der Waals surface area (Å²) in [5.41, 5.74) is 3.13. The van der Waals surface area contributed by atoms with E-state index in [0.29, 0.717) is 16.4 Å². The molecule has 4 rings (SSSR count). The van der Waals surface area contributed by atoms with Crippen molar-refractivity contribution in [2.45, 2.75) is 32.7 Å². The molecule has 0 aliphatic heterocycles. The van der Waals surface area contributed by atoms with E-state index < -0.39 is 0 Å². The molecule has 2 aromatic heterocycles. The predicted molar refractivity (Wildman–Crippen MR) is 117 cm³/mol. The average molecular weight is 406 g/mol. The van der Waals surface area contributed by atoms with Gasteiger partial charge in [-0.05, 0) is 42.7 Å². The first-order chi connectivity index (χ1) is 13.7. The number of nitrogens with zero attached hydrogens (tertiary/aromatic N) is 3. The zero-order valence-electron chi connectivity index (χ0n) is 15.5. The van der Waals surface area contributed by atoms with Crippen molar-refractivity contribution >= 4 is 49.0 Å². The molecule has 0 atom stereocenters. The topological polar surface area (TPSA) is 47.2 Å². The number of thiazole rings is 2. The van der Waals surface area contributed by atoms with Crippen molar-refractivity contribution in [3.63, 3.8) is 0 Å². The third kappa shape index (κ3) is 3.64. The standard InChI is InChI=1S/C22H19N3OS2/c1-3-5-8-15-11-12-17-19(14-15)28-22(25(17)13-4-2)24-20(26)21-23-16-9-6-7-10-18(16)27-21/h2,6-7,9-12,14H,3,5,8,13H2,1H3. The van der Waals surface area contributed by atoms with Crippen LogP contribution in [-0.4, -0.2) is 15.5 Å². The molecule has 0 saturated carbocycles. The minimum atomic E-state index is -0.329. The number of carbonyl (C=O) groups excluding carboxylic acids is 1. The third-order valence-electron chi connectivity index (χ3n) is 4.49. The quantitative estimate of drug-likeness (QED) is 0.437. The number of aromatic nitrogens is 2. The molecular formula is C22H19N3OS2. The highest BCUT2D eigenvalue weighted by Gasteiger charge is 2.13. The molecule has 4 aromatic rings. The molecule has 0 fully saturated rings. The zero-order valence-corrected chi connectivity index (χ0v) is 17.1. The van der Waals surface area contributed by atoms with Gasteiger partial charge < -0.3 is 4.57 Å². The minimum absolute atomic E-state index is 0.329. The highest BCUT2D eigenvalue weighted by atomic mass is 32.1. The van der Waals surface area contributed by atoms with Gasteiger partial charge in [-0.1, -0.05) is 48.8 Å². The number of carbonyl (C=O) groups is 1. The van der Waals surface area contributed by atoms with Gasteiger partial charge in [0.05, 0.1) is 27.0 Å². The molecule has 0 radical (unpaired) electrons. The van der Waals surface area contributed by atoms with Crippen LogP contribution in [0.3, 0.4) is 0 Å². The van der Waals surface area contributed by atoms with Crippen molar-refractivity contribution in [2.75, 3.05) is 0 Å². The lowest BCUT2D eigenvalue weighted by Crippen LogP contribution is -2.16. The first-order valence-electron chi connectivity index (χ1n) is 9.20. The van der Waals surface area contributed by atoms with Gasteiger partial charge in [0, 0.05) is 0 Å². The van der Waals surface area contributed by atoms with Gasteiger partial charge in [-0.15, -0.1) is 17.8 Å². The molecule has 0 aliphatic rings. The maximum absolute atomic E-state index is 12.7. The molecule has 0 unspecified atom stereocenters. The van der Waals surface area contributed by atoms with Crippen molar-refractivity contribution in [3.05, 3.63) is 57.8 Å². The van der Waals surface area contributed by atoms with Gasteiger partial charge in [0.15, 0.2) is 9.81 Å². The molecule has 4 nitrogen and oxygen atoms in total. The molecule has 140 valence electrons. The molecule has 2 aromatic carbocycles. The van der Waals surface area contributed by atoms with Gasteiger partial charge in [-0.25, -0.2) is 4.98 Å². The van der Waals surface area contributed by atoms with E-state index >= 15 is 0 Å². The van der Waals surface area contributed by atoms with Crippen molar-refractivity contribution in [2.24, 2.45) is 4.99 Å². The molecule has 0 bridgehead atoms. The molecule has 0 aliphatic carbocycles. The zero-order chi connectivity index (χ0) is 19.5. The Hall–Kier alpha value is -2.75. The number of amides is 1. The SMILES string of the molecule is C#CCn1c(=NC(=O)c2nc3ccccc3s2)sc2cc(CCCC)ccc21. The number of hydrogen-bond acceptors (Lipinski definition) is 4. The predicted octanol–water partition coefficient (Wildman–Crippen LogP) is 5.03. The van der Waals surface area contributed by atoms with E-state index in [4.69, 9.17) is 6.42 Å². The maximum Gasteiger partial charge on any atom is 0.308 e. The summed E-state index contributed by atoms with van der Waals surface area (Å²) in [4.78, 5) is 22.1. The van der Waals surface area contributed by atoms with Crippen LogP contribution in [0.25, 0.3) is 20.4 Å². The van der Waals surface area contributed by atoms with E-state index in [9.17, 15) is 4.79 Å². The molecular weight excluding hydrogens is 386 g/mol. The second-order valence-electron chi connectivity index (χ2n) is 6.48. The fourth-order valence-electron chi connectivity index (χ4n) is 3.08. The summed E-state index contributed by atoms with van der Waals surface area (Å²) < 4.78 is 4.00. The van der Waals surface area contributed by atoms with E-state index in [1.54, 1.807) is 0 Å². The lowest BCUT2D eigenvalue weighted by Gasteiger charge is -2.02. The summed E-state index contributed by atoms with van der Waals surface area (Å²) in [6.45, 7) is 2.56. The number of rotatable bonds is 5. The molecule has 6 heteroatoms. The highest BCUT2D eigenvalue weighted by Crippen LogP contribution is 2.23. The second-order valence-corrected chi connectivity index (χ2v) is 8.52. The number of para-hydroxylation sites is 1. The normalized spacial score (nSPS) is 11.9. The van der Waals surface area contributed by atoms with Crippen LogP contribution in [0.5, 0.6) is 0 Å². The average Bonchev–Trinajstić information content (AvgIpc) is 3.28. The number of benzene rings is 2. The Labute approximate surface area is 171 Å². The Morgan fingerprint density at radius 3 is 2.86 bits per heavy atom. The first kappa shape index (κ1) is 18.6. The van der Waals surface area contributed by atoms with Crippen LogP contribution in [0.15, 0.2) is 47.5 Å². The first-order valence-corrected chi connectivity index (χ1v) is 10.8.